The molecule has 0 aliphatic heterocycles. The van der Waals surface area contributed by atoms with Gasteiger partial charge in [0.25, 0.3) is 0 Å². The standard InChI is InChI=1S/C12H10F5NO4/c13-11(14)22-7-3-1-6(2-4-7)5-8(9(19)20)18-10(21)12(15,16)17/h1-4,8,11H,5H2,(H,18,21)(H,19,20)/t8-/m0/s1. The molecule has 0 radical (unpaired) electrons. The Morgan fingerprint density at radius 2 is 1.73 bits per heavy atom. The average molecular weight is 327 g/mol. The molecule has 1 atom stereocenters. The Kier molecular flexibility index (Phi) is 5.66. The minimum atomic E-state index is -5.21. The lowest BCUT2D eigenvalue weighted by Crippen LogP contribution is -2.47. The molecule has 5 nitrogen and oxygen atoms in total. The van der Waals surface area contributed by atoms with Crippen LogP contribution in [0.15, 0.2) is 24.3 Å². The van der Waals surface area contributed by atoms with Crippen molar-refractivity contribution in [2.75, 3.05) is 0 Å². The Morgan fingerprint density at radius 3 is 2.14 bits per heavy atom. The minimum Gasteiger partial charge on any atom is -0.480 e. The molecule has 1 amide bonds. The average Bonchev–Trinajstić information content (AvgIpc) is 2.38. The van der Waals surface area contributed by atoms with Crippen LogP contribution in [0.4, 0.5) is 22.0 Å². The summed E-state index contributed by atoms with van der Waals surface area (Å²) in [6.45, 7) is -3.04. The summed E-state index contributed by atoms with van der Waals surface area (Å²) in [7, 11) is 0. The lowest BCUT2D eigenvalue weighted by Gasteiger charge is -2.16. The first-order chi connectivity index (χ1) is 10.1. The first-order valence-corrected chi connectivity index (χ1v) is 5.74. The Labute approximate surface area is 120 Å². The maximum absolute atomic E-state index is 12.1. The molecule has 2 N–H and O–H groups in total. The zero-order chi connectivity index (χ0) is 16.9. The van der Waals surface area contributed by atoms with Crippen LogP contribution in [0.25, 0.3) is 0 Å². The number of ether oxygens (including phenoxy) is 1. The van der Waals surface area contributed by atoms with Gasteiger partial charge >= 0.3 is 24.7 Å². The molecule has 1 aromatic rings. The van der Waals surface area contributed by atoms with Gasteiger partial charge < -0.3 is 15.2 Å². The first-order valence-electron chi connectivity index (χ1n) is 5.74. The van der Waals surface area contributed by atoms with Crippen molar-refractivity contribution in [1.82, 2.24) is 5.32 Å². The highest BCUT2D eigenvalue weighted by molar-refractivity contribution is 5.87. The predicted octanol–water partition coefficient (Wildman–Crippen LogP) is 1.96. The van der Waals surface area contributed by atoms with Crippen molar-refractivity contribution in [2.45, 2.75) is 25.3 Å². The number of carboxylic acids is 1. The maximum atomic E-state index is 12.1. The van der Waals surface area contributed by atoms with Crippen LogP contribution < -0.4 is 10.1 Å². The number of hydrogen-bond donors (Lipinski definition) is 2. The number of alkyl halides is 5. The molecule has 0 unspecified atom stereocenters. The summed E-state index contributed by atoms with van der Waals surface area (Å²) in [6, 6.07) is 2.80. The van der Waals surface area contributed by atoms with Crippen LogP contribution in [-0.4, -0.2) is 35.8 Å². The number of halogens is 5. The minimum absolute atomic E-state index is 0.190. The molecule has 0 saturated carbocycles. The number of hydrogen-bond acceptors (Lipinski definition) is 3. The molecular formula is C12H10F5NO4. The van der Waals surface area contributed by atoms with Crippen LogP contribution in [0.2, 0.25) is 0 Å². The van der Waals surface area contributed by atoms with Gasteiger partial charge in [0.15, 0.2) is 0 Å². The van der Waals surface area contributed by atoms with Crippen molar-refractivity contribution >= 4 is 11.9 Å². The second-order valence-corrected chi connectivity index (χ2v) is 4.09. The fourth-order valence-electron chi connectivity index (χ4n) is 1.48. The number of carboxylic acid groups (broad SMARTS) is 1. The third-order valence-corrected chi connectivity index (χ3v) is 2.45. The topological polar surface area (TPSA) is 75.6 Å². The fourth-order valence-corrected chi connectivity index (χ4v) is 1.48. The largest absolute Gasteiger partial charge is 0.480 e. The number of carbonyl (C=O) groups is 2. The molecule has 0 fully saturated rings. The summed E-state index contributed by atoms with van der Waals surface area (Å²) in [5.41, 5.74) is 0.219. The Morgan fingerprint density at radius 1 is 1.18 bits per heavy atom. The molecule has 10 heteroatoms. The van der Waals surface area contributed by atoms with Crippen LogP contribution in [0.5, 0.6) is 5.75 Å². The van der Waals surface area contributed by atoms with Crippen molar-refractivity contribution in [3.05, 3.63) is 29.8 Å². The molecule has 0 spiro atoms. The van der Waals surface area contributed by atoms with Gasteiger partial charge in [-0.1, -0.05) is 12.1 Å². The van der Waals surface area contributed by atoms with Gasteiger partial charge in [-0.3, -0.25) is 4.79 Å². The quantitative estimate of drug-likeness (QED) is 0.783. The number of carbonyl (C=O) groups excluding carboxylic acids is 1. The Hall–Kier alpha value is -2.39. The van der Waals surface area contributed by atoms with E-state index in [9.17, 15) is 31.5 Å². The maximum Gasteiger partial charge on any atom is 0.471 e. The van der Waals surface area contributed by atoms with Crippen molar-refractivity contribution < 1.29 is 41.4 Å². The van der Waals surface area contributed by atoms with Gasteiger partial charge in [-0.15, -0.1) is 0 Å². The van der Waals surface area contributed by atoms with E-state index in [1.807, 2.05) is 0 Å². The van der Waals surface area contributed by atoms with E-state index in [0.29, 0.717) is 0 Å². The van der Waals surface area contributed by atoms with Gasteiger partial charge in [-0.2, -0.15) is 22.0 Å². The molecule has 0 aliphatic rings. The first kappa shape index (κ1) is 17.7. The zero-order valence-electron chi connectivity index (χ0n) is 10.7. The summed E-state index contributed by atoms with van der Waals surface area (Å²) < 4.78 is 64.2. The number of rotatable bonds is 6. The zero-order valence-corrected chi connectivity index (χ0v) is 10.7. The number of benzene rings is 1. The third-order valence-electron chi connectivity index (χ3n) is 2.45. The van der Waals surface area contributed by atoms with Crippen molar-refractivity contribution in [3.63, 3.8) is 0 Å². The summed E-state index contributed by atoms with van der Waals surface area (Å²) in [6.07, 6.45) is -5.66. The van der Waals surface area contributed by atoms with Crippen molar-refractivity contribution in [3.8, 4) is 5.75 Å². The Bertz CT molecular complexity index is 529. The molecule has 122 valence electrons. The molecule has 0 heterocycles. The van der Waals surface area contributed by atoms with Crippen LogP contribution in [0.1, 0.15) is 5.56 Å². The lowest BCUT2D eigenvalue weighted by atomic mass is 10.1. The molecule has 0 saturated heterocycles. The van der Waals surface area contributed by atoms with E-state index in [2.05, 4.69) is 4.74 Å². The van der Waals surface area contributed by atoms with Crippen LogP contribution in [-0.2, 0) is 16.0 Å². The van der Waals surface area contributed by atoms with E-state index in [1.165, 1.54) is 17.4 Å². The number of aliphatic carboxylic acids is 1. The molecule has 0 bridgehead atoms. The van der Waals surface area contributed by atoms with Crippen LogP contribution >= 0.6 is 0 Å². The highest BCUT2D eigenvalue weighted by atomic mass is 19.4. The van der Waals surface area contributed by atoms with Crippen molar-refractivity contribution in [1.29, 1.82) is 0 Å². The predicted molar refractivity (Wildman–Crippen MR) is 62.4 cm³/mol. The van der Waals surface area contributed by atoms with Gasteiger partial charge in [0.1, 0.15) is 11.8 Å². The monoisotopic (exact) mass is 327 g/mol. The highest BCUT2D eigenvalue weighted by Gasteiger charge is 2.40. The van der Waals surface area contributed by atoms with Gasteiger partial charge in [-0.05, 0) is 17.7 Å². The second-order valence-electron chi connectivity index (χ2n) is 4.09. The normalized spacial score (nSPS) is 12.8. The molecule has 1 aromatic carbocycles. The summed E-state index contributed by atoms with van der Waals surface area (Å²) in [5, 5.41) is 10.2. The lowest BCUT2D eigenvalue weighted by molar-refractivity contribution is -0.175. The third kappa shape index (κ3) is 5.54. The van der Waals surface area contributed by atoms with Gasteiger partial charge in [0.05, 0.1) is 0 Å². The highest BCUT2D eigenvalue weighted by Crippen LogP contribution is 2.17. The molecule has 0 aromatic heterocycles. The van der Waals surface area contributed by atoms with E-state index in [-0.39, 0.29) is 11.3 Å². The molecule has 0 aliphatic carbocycles. The van der Waals surface area contributed by atoms with E-state index in [1.54, 1.807) is 0 Å². The smallest absolute Gasteiger partial charge is 0.471 e. The molecule has 1 rings (SSSR count). The van der Waals surface area contributed by atoms with E-state index >= 15 is 0 Å². The fraction of sp³-hybridized carbons (Fsp3) is 0.333. The summed E-state index contributed by atoms with van der Waals surface area (Å²) >= 11 is 0. The second kappa shape index (κ2) is 7.05. The molecular weight excluding hydrogens is 317 g/mol. The summed E-state index contributed by atoms with van der Waals surface area (Å²) in [4.78, 5) is 21.6. The van der Waals surface area contributed by atoms with E-state index < -0.39 is 37.1 Å². The van der Waals surface area contributed by atoms with Gasteiger partial charge in [0, 0.05) is 6.42 Å². The number of amides is 1. The van der Waals surface area contributed by atoms with Gasteiger partial charge in [-0.25, -0.2) is 4.79 Å². The SMILES string of the molecule is O=C(O)[C@H](Cc1ccc(OC(F)F)cc1)NC(=O)C(F)(F)F. The van der Waals surface area contributed by atoms with E-state index in [0.717, 1.165) is 12.1 Å². The van der Waals surface area contributed by atoms with Gasteiger partial charge in [0.2, 0.25) is 0 Å². The van der Waals surface area contributed by atoms with E-state index in [4.69, 9.17) is 5.11 Å². The summed E-state index contributed by atoms with van der Waals surface area (Å²) in [5.74, 6) is -4.23. The van der Waals surface area contributed by atoms with Crippen molar-refractivity contribution in [2.24, 2.45) is 0 Å². The molecule has 22 heavy (non-hydrogen) atoms. The van der Waals surface area contributed by atoms with Crippen LogP contribution in [0.3, 0.4) is 0 Å². The van der Waals surface area contributed by atoms with Crippen LogP contribution in [0, 0.1) is 0 Å². The Balaban J connectivity index is 2.75. The number of nitrogens with one attached hydrogen (secondary N) is 1.